The minimum atomic E-state index is -0.584. The van der Waals surface area contributed by atoms with Gasteiger partial charge in [-0.25, -0.2) is 0 Å². The normalized spacial score (nSPS) is 21.9. The smallest absolute Gasteiger partial charge is 0.315 e. The quantitative estimate of drug-likeness (QED) is 0.339. The molecule has 1 heterocycles. The van der Waals surface area contributed by atoms with Gasteiger partial charge in [0.05, 0.1) is 13.7 Å². The number of ether oxygens (including phenoxy) is 2. The Kier molecular flexibility index (Phi) is 7.84. The number of hydrogen-bond acceptors (Lipinski definition) is 5. The van der Waals surface area contributed by atoms with E-state index in [-0.39, 0.29) is 23.6 Å². The number of ketones is 1. The summed E-state index contributed by atoms with van der Waals surface area (Å²) in [6.45, 7) is 6.46. The molecule has 0 amide bonds. The van der Waals surface area contributed by atoms with Crippen molar-refractivity contribution in [3.05, 3.63) is 76.5 Å². The highest BCUT2D eigenvalue weighted by Crippen LogP contribution is 2.47. The number of aliphatic imine (C=N–C) groups is 1. The van der Waals surface area contributed by atoms with Crippen LogP contribution in [0.4, 0.5) is 0 Å². The van der Waals surface area contributed by atoms with Crippen LogP contribution in [0.5, 0.6) is 5.75 Å². The van der Waals surface area contributed by atoms with Crippen LogP contribution in [0.3, 0.4) is 0 Å². The van der Waals surface area contributed by atoms with Crippen molar-refractivity contribution in [1.29, 1.82) is 0 Å². The zero-order chi connectivity index (χ0) is 24.9. The van der Waals surface area contributed by atoms with Gasteiger partial charge in [0, 0.05) is 29.3 Å². The number of allylic oxidation sites excluding steroid dienone is 2. The van der Waals surface area contributed by atoms with Gasteiger partial charge in [0.1, 0.15) is 11.7 Å². The summed E-state index contributed by atoms with van der Waals surface area (Å²) in [5.41, 5.74) is 5.50. The Morgan fingerprint density at radius 1 is 1.00 bits per heavy atom. The summed E-state index contributed by atoms with van der Waals surface area (Å²) in [6.07, 6.45) is 3.78. The molecule has 5 nitrogen and oxygen atoms in total. The fraction of sp³-hybridized carbons (Fsp3) is 0.433. The number of nitrogens with zero attached hydrogens (tertiary/aromatic N) is 1. The molecule has 184 valence electrons. The largest absolute Gasteiger partial charge is 0.497 e. The molecule has 2 aliphatic rings. The van der Waals surface area contributed by atoms with Gasteiger partial charge in [0.25, 0.3) is 0 Å². The molecule has 0 N–H and O–H groups in total. The van der Waals surface area contributed by atoms with Crippen molar-refractivity contribution >= 4 is 17.5 Å². The third-order valence-electron chi connectivity index (χ3n) is 7.22. The molecule has 3 unspecified atom stereocenters. The van der Waals surface area contributed by atoms with Gasteiger partial charge in [0.15, 0.2) is 5.78 Å². The predicted molar refractivity (Wildman–Crippen MR) is 138 cm³/mol. The van der Waals surface area contributed by atoms with E-state index in [0.717, 1.165) is 47.5 Å². The first-order chi connectivity index (χ1) is 17.0. The van der Waals surface area contributed by atoms with Crippen LogP contribution in [-0.4, -0.2) is 31.2 Å². The number of esters is 1. The van der Waals surface area contributed by atoms with E-state index in [4.69, 9.17) is 14.5 Å². The third-order valence-corrected chi connectivity index (χ3v) is 7.22. The van der Waals surface area contributed by atoms with Crippen molar-refractivity contribution in [2.45, 2.75) is 64.7 Å². The summed E-state index contributed by atoms with van der Waals surface area (Å²) in [5, 5.41) is 0. The lowest BCUT2D eigenvalue weighted by Gasteiger charge is -2.36. The van der Waals surface area contributed by atoms with E-state index in [9.17, 15) is 9.59 Å². The van der Waals surface area contributed by atoms with Crippen LogP contribution in [0.25, 0.3) is 0 Å². The lowest BCUT2D eigenvalue weighted by Crippen LogP contribution is -2.38. The first-order valence-electron chi connectivity index (χ1n) is 12.7. The fourth-order valence-electron chi connectivity index (χ4n) is 5.20. The molecule has 0 spiro atoms. The highest BCUT2D eigenvalue weighted by atomic mass is 16.5. The number of aryl methyl sites for hydroxylation is 1. The molecule has 0 bridgehead atoms. The molecular weight excluding hydrogens is 438 g/mol. The van der Waals surface area contributed by atoms with Crippen molar-refractivity contribution in [1.82, 2.24) is 0 Å². The second-order valence-corrected chi connectivity index (χ2v) is 9.49. The molecule has 0 saturated heterocycles. The van der Waals surface area contributed by atoms with Crippen molar-refractivity contribution in [2.24, 2.45) is 10.9 Å². The highest BCUT2D eigenvalue weighted by Gasteiger charge is 2.44. The van der Waals surface area contributed by atoms with Gasteiger partial charge < -0.3 is 9.47 Å². The minimum absolute atomic E-state index is 0.0554. The molecule has 5 heteroatoms. The Bertz CT molecular complexity index is 1130. The SMILES string of the molecule is CCCCOC(=O)C1C(C)=NC2=C(C(=O)CC(c3ccc(OC)cc3)C2)C1c1ccc(CC)cc1. The van der Waals surface area contributed by atoms with E-state index < -0.39 is 5.92 Å². The van der Waals surface area contributed by atoms with E-state index >= 15 is 0 Å². The Labute approximate surface area is 208 Å². The Hall–Kier alpha value is -3.21. The number of carbonyl (C=O) groups is 2. The van der Waals surface area contributed by atoms with E-state index in [1.54, 1.807) is 7.11 Å². The predicted octanol–water partition coefficient (Wildman–Crippen LogP) is 6.18. The van der Waals surface area contributed by atoms with Crippen molar-refractivity contribution < 1.29 is 19.1 Å². The van der Waals surface area contributed by atoms with Crippen molar-refractivity contribution in [3.63, 3.8) is 0 Å². The molecule has 0 fully saturated rings. The number of rotatable bonds is 8. The van der Waals surface area contributed by atoms with Crippen LogP contribution in [0.1, 0.15) is 75.0 Å². The highest BCUT2D eigenvalue weighted by molar-refractivity contribution is 6.09. The number of unbranched alkanes of at least 4 members (excludes halogenated alkanes) is 1. The Balaban J connectivity index is 1.72. The Morgan fingerprint density at radius 2 is 1.69 bits per heavy atom. The number of hydrogen-bond donors (Lipinski definition) is 0. The molecule has 2 aromatic rings. The third kappa shape index (κ3) is 5.24. The summed E-state index contributed by atoms with van der Waals surface area (Å²) < 4.78 is 10.9. The maximum absolute atomic E-state index is 13.7. The lowest BCUT2D eigenvalue weighted by molar-refractivity contribution is -0.146. The summed E-state index contributed by atoms with van der Waals surface area (Å²) in [4.78, 5) is 31.8. The first kappa shape index (κ1) is 24.9. The summed E-state index contributed by atoms with van der Waals surface area (Å²) in [6, 6.07) is 16.2. The molecule has 2 aromatic carbocycles. The standard InChI is InChI=1S/C30H35NO4/c1-5-7-16-35-30(33)27-19(3)31-25-17-23(21-12-14-24(34-4)15-13-21)18-26(32)29(25)28(27)22-10-8-20(6-2)9-11-22/h8-15,23,27-28H,5-7,16-18H2,1-4H3. The van der Waals surface area contributed by atoms with Gasteiger partial charge in [0.2, 0.25) is 0 Å². The van der Waals surface area contributed by atoms with Gasteiger partial charge in [-0.3, -0.25) is 14.6 Å². The van der Waals surface area contributed by atoms with Crippen LogP contribution in [0, 0.1) is 5.92 Å². The zero-order valence-electron chi connectivity index (χ0n) is 21.2. The van der Waals surface area contributed by atoms with Crippen molar-refractivity contribution in [3.8, 4) is 5.75 Å². The zero-order valence-corrected chi connectivity index (χ0v) is 21.2. The van der Waals surface area contributed by atoms with E-state index in [1.165, 1.54) is 5.56 Å². The molecule has 0 saturated carbocycles. The van der Waals surface area contributed by atoms with Gasteiger partial charge in [-0.15, -0.1) is 0 Å². The Morgan fingerprint density at radius 3 is 2.31 bits per heavy atom. The molecule has 1 aliphatic heterocycles. The van der Waals surface area contributed by atoms with Crippen LogP contribution in [0.15, 0.2) is 64.8 Å². The molecule has 3 atom stereocenters. The molecule has 1 aliphatic carbocycles. The van der Waals surface area contributed by atoms with Gasteiger partial charge >= 0.3 is 5.97 Å². The van der Waals surface area contributed by atoms with Gasteiger partial charge in [-0.2, -0.15) is 0 Å². The summed E-state index contributed by atoms with van der Waals surface area (Å²) >= 11 is 0. The first-order valence-corrected chi connectivity index (χ1v) is 12.7. The van der Waals surface area contributed by atoms with Crippen LogP contribution >= 0.6 is 0 Å². The molecule has 35 heavy (non-hydrogen) atoms. The minimum Gasteiger partial charge on any atom is -0.497 e. The average molecular weight is 474 g/mol. The number of Topliss-reactive ketones (excluding diaryl/α,β-unsaturated/α-hetero) is 1. The van der Waals surface area contributed by atoms with Crippen LogP contribution < -0.4 is 4.74 Å². The second-order valence-electron chi connectivity index (χ2n) is 9.49. The number of carbonyl (C=O) groups excluding carboxylic acids is 2. The maximum Gasteiger partial charge on any atom is 0.315 e. The topological polar surface area (TPSA) is 65.0 Å². The maximum atomic E-state index is 13.7. The molecule has 0 radical (unpaired) electrons. The van der Waals surface area contributed by atoms with Gasteiger partial charge in [-0.1, -0.05) is 56.7 Å². The van der Waals surface area contributed by atoms with Crippen LogP contribution in [-0.2, 0) is 20.7 Å². The number of methoxy groups -OCH3 is 1. The molecular formula is C30H35NO4. The van der Waals surface area contributed by atoms with E-state index in [0.29, 0.717) is 25.0 Å². The van der Waals surface area contributed by atoms with Gasteiger partial charge in [-0.05, 0) is 60.9 Å². The average Bonchev–Trinajstić information content (AvgIpc) is 2.88. The summed E-state index contributed by atoms with van der Waals surface area (Å²) in [5.74, 6) is -0.325. The number of benzene rings is 2. The lowest BCUT2D eigenvalue weighted by atomic mass is 9.69. The fourth-order valence-corrected chi connectivity index (χ4v) is 5.20. The molecule has 0 aromatic heterocycles. The molecule has 4 rings (SSSR count). The van der Waals surface area contributed by atoms with Crippen molar-refractivity contribution in [2.75, 3.05) is 13.7 Å². The van der Waals surface area contributed by atoms with E-state index in [2.05, 4.69) is 38.1 Å². The summed E-state index contributed by atoms with van der Waals surface area (Å²) in [7, 11) is 1.65. The monoisotopic (exact) mass is 473 g/mol. The van der Waals surface area contributed by atoms with Crippen LogP contribution in [0.2, 0.25) is 0 Å². The van der Waals surface area contributed by atoms with E-state index in [1.807, 2.05) is 31.2 Å². The second kappa shape index (κ2) is 11.0.